The number of hydrogen-bond donors (Lipinski definition) is 1. The van der Waals surface area contributed by atoms with Crippen LogP contribution < -0.4 is 5.32 Å². The lowest BCUT2D eigenvalue weighted by atomic mass is 10.2. The van der Waals surface area contributed by atoms with Crippen LogP contribution in [-0.4, -0.2) is 15.9 Å². The van der Waals surface area contributed by atoms with Crippen LogP contribution in [0.5, 0.6) is 0 Å². The minimum absolute atomic E-state index is 0.202. The number of carbonyl (C=O) groups is 1. The molecule has 3 heterocycles. The van der Waals surface area contributed by atoms with Crippen molar-refractivity contribution >= 4 is 28.8 Å². The highest BCUT2D eigenvalue weighted by molar-refractivity contribution is 7.09. The second kappa shape index (κ2) is 6.68. The molecule has 1 amide bonds. The maximum Gasteiger partial charge on any atom is 0.270 e. The number of thiophene rings is 1. The summed E-state index contributed by atoms with van der Waals surface area (Å²) in [6.45, 7) is 0.506. The van der Waals surface area contributed by atoms with Crippen LogP contribution >= 0.6 is 22.9 Å². The Bertz CT molecular complexity index is 772. The average Bonchev–Trinajstić information content (AvgIpc) is 3.07. The third-order valence-electron chi connectivity index (χ3n) is 3.03. The lowest BCUT2D eigenvalue weighted by molar-refractivity contribution is 0.0946. The van der Waals surface area contributed by atoms with Crippen LogP contribution in [0.25, 0.3) is 11.3 Å². The van der Waals surface area contributed by atoms with Gasteiger partial charge in [0.1, 0.15) is 5.69 Å². The van der Waals surface area contributed by atoms with Gasteiger partial charge >= 0.3 is 0 Å². The van der Waals surface area contributed by atoms with Crippen molar-refractivity contribution in [3.8, 4) is 11.3 Å². The van der Waals surface area contributed by atoms with Crippen molar-refractivity contribution in [3.63, 3.8) is 0 Å². The van der Waals surface area contributed by atoms with Crippen LogP contribution in [0.2, 0.25) is 5.02 Å². The number of halogens is 1. The first-order valence-electron chi connectivity index (χ1n) is 6.61. The standard InChI is InChI=1S/C16H12ClN3OS/c17-13-4-1-7-18-15(13)11-5-6-14(19-9-11)16(21)20-10-12-3-2-8-22-12/h1-9H,10H2,(H,20,21). The van der Waals surface area contributed by atoms with Gasteiger partial charge in [0.2, 0.25) is 0 Å². The lowest BCUT2D eigenvalue weighted by Crippen LogP contribution is -2.23. The molecule has 3 aromatic heterocycles. The Morgan fingerprint density at radius 3 is 2.77 bits per heavy atom. The average molecular weight is 330 g/mol. The molecule has 1 N–H and O–H groups in total. The quantitative estimate of drug-likeness (QED) is 0.792. The Kier molecular flexibility index (Phi) is 4.46. The molecule has 0 aliphatic rings. The molecule has 22 heavy (non-hydrogen) atoms. The van der Waals surface area contributed by atoms with Crippen molar-refractivity contribution < 1.29 is 4.79 Å². The van der Waals surface area contributed by atoms with Gasteiger partial charge in [0, 0.05) is 22.8 Å². The van der Waals surface area contributed by atoms with Crippen molar-refractivity contribution in [2.24, 2.45) is 0 Å². The third-order valence-corrected chi connectivity index (χ3v) is 4.21. The van der Waals surface area contributed by atoms with Gasteiger partial charge in [-0.2, -0.15) is 0 Å². The molecule has 4 nitrogen and oxygen atoms in total. The summed E-state index contributed by atoms with van der Waals surface area (Å²) >= 11 is 7.70. The van der Waals surface area contributed by atoms with E-state index >= 15 is 0 Å². The van der Waals surface area contributed by atoms with E-state index in [0.29, 0.717) is 23.0 Å². The number of pyridine rings is 2. The summed E-state index contributed by atoms with van der Waals surface area (Å²) in [7, 11) is 0. The van der Waals surface area contributed by atoms with E-state index in [0.717, 1.165) is 10.4 Å². The van der Waals surface area contributed by atoms with E-state index in [1.807, 2.05) is 17.5 Å². The fourth-order valence-electron chi connectivity index (χ4n) is 1.94. The molecule has 0 saturated carbocycles. The maximum absolute atomic E-state index is 12.0. The second-order valence-corrected chi connectivity index (χ2v) is 5.97. The first-order valence-corrected chi connectivity index (χ1v) is 7.87. The minimum atomic E-state index is -0.202. The largest absolute Gasteiger partial charge is 0.346 e. The summed E-state index contributed by atoms with van der Waals surface area (Å²) in [5.74, 6) is -0.202. The van der Waals surface area contributed by atoms with Gasteiger partial charge in [-0.3, -0.25) is 14.8 Å². The van der Waals surface area contributed by atoms with Gasteiger partial charge in [0.15, 0.2) is 0 Å². The van der Waals surface area contributed by atoms with Crippen LogP contribution in [0.15, 0.2) is 54.2 Å². The Balaban J connectivity index is 1.71. The van der Waals surface area contributed by atoms with E-state index in [4.69, 9.17) is 11.6 Å². The molecule has 0 atom stereocenters. The number of carbonyl (C=O) groups excluding carboxylic acids is 1. The summed E-state index contributed by atoms with van der Waals surface area (Å²) in [6.07, 6.45) is 3.27. The number of amides is 1. The highest BCUT2D eigenvalue weighted by Gasteiger charge is 2.09. The smallest absolute Gasteiger partial charge is 0.270 e. The monoisotopic (exact) mass is 329 g/mol. The Morgan fingerprint density at radius 2 is 2.09 bits per heavy atom. The molecule has 3 aromatic rings. The normalized spacial score (nSPS) is 10.4. The SMILES string of the molecule is O=C(NCc1cccs1)c1ccc(-c2ncccc2Cl)cn1. The van der Waals surface area contributed by atoms with Crippen molar-refractivity contribution in [2.45, 2.75) is 6.54 Å². The predicted octanol–water partition coefficient (Wildman–Crippen LogP) is 3.79. The molecule has 0 fully saturated rings. The van der Waals surface area contributed by atoms with Gasteiger partial charge in [-0.15, -0.1) is 11.3 Å². The van der Waals surface area contributed by atoms with Crippen molar-refractivity contribution in [1.82, 2.24) is 15.3 Å². The Labute approximate surface area is 136 Å². The summed E-state index contributed by atoms with van der Waals surface area (Å²) in [5, 5.41) is 5.37. The first kappa shape index (κ1) is 14.7. The van der Waals surface area contributed by atoms with E-state index < -0.39 is 0 Å². The molecule has 0 aliphatic heterocycles. The van der Waals surface area contributed by atoms with Gasteiger partial charge in [0.25, 0.3) is 5.91 Å². The second-order valence-electron chi connectivity index (χ2n) is 4.53. The Morgan fingerprint density at radius 1 is 1.18 bits per heavy atom. The van der Waals surface area contributed by atoms with E-state index in [1.165, 1.54) is 0 Å². The van der Waals surface area contributed by atoms with Crippen molar-refractivity contribution in [1.29, 1.82) is 0 Å². The van der Waals surface area contributed by atoms with E-state index in [9.17, 15) is 4.79 Å². The highest BCUT2D eigenvalue weighted by atomic mass is 35.5. The van der Waals surface area contributed by atoms with Crippen LogP contribution in [0.3, 0.4) is 0 Å². The molecule has 3 rings (SSSR count). The highest BCUT2D eigenvalue weighted by Crippen LogP contribution is 2.24. The fourth-order valence-corrected chi connectivity index (χ4v) is 2.81. The molecule has 0 unspecified atom stereocenters. The molecule has 0 aliphatic carbocycles. The molecule has 0 aromatic carbocycles. The molecular formula is C16H12ClN3OS. The molecule has 110 valence electrons. The van der Waals surface area contributed by atoms with E-state index in [1.54, 1.807) is 48.0 Å². The first-order chi connectivity index (χ1) is 10.7. The maximum atomic E-state index is 12.0. The number of nitrogens with one attached hydrogen (secondary N) is 1. The zero-order valence-electron chi connectivity index (χ0n) is 11.5. The summed E-state index contributed by atoms with van der Waals surface area (Å²) in [4.78, 5) is 21.6. The number of hydrogen-bond acceptors (Lipinski definition) is 4. The van der Waals surface area contributed by atoms with E-state index in [2.05, 4.69) is 15.3 Å². The molecule has 0 saturated heterocycles. The number of nitrogens with zero attached hydrogens (tertiary/aromatic N) is 2. The topological polar surface area (TPSA) is 54.9 Å². The van der Waals surface area contributed by atoms with Crippen LogP contribution in [0, 0.1) is 0 Å². The molecule has 0 bridgehead atoms. The van der Waals surface area contributed by atoms with Gasteiger partial charge in [-0.25, -0.2) is 0 Å². The van der Waals surface area contributed by atoms with Gasteiger partial charge < -0.3 is 5.32 Å². The van der Waals surface area contributed by atoms with Crippen LogP contribution in [0.4, 0.5) is 0 Å². The zero-order chi connectivity index (χ0) is 15.4. The minimum Gasteiger partial charge on any atom is -0.346 e. The van der Waals surface area contributed by atoms with Crippen molar-refractivity contribution in [3.05, 3.63) is 69.8 Å². The van der Waals surface area contributed by atoms with Gasteiger partial charge in [-0.1, -0.05) is 17.7 Å². The number of aromatic nitrogens is 2. The fraction of sp³-hybridized carbons (Fsp3) is 0.0625. The van der Waals surface area contributed by atoms with Gasteiger partial charge in [0.05, 0.1) is 17.3 Å². The van der Waals surface area contributed by atoms with Crippen LogP contribution in [0.1, 0.15) is 15.4 Å². The van der Waals surface area contributed by atoms with Gasteiger partial charge in [-0.05, 0) is 35.7 Å². The molecular weight excluding hydrogens is 318 g/mol. The number of rotatable bonds is 4. The third kappa shape index (κ3) is 3.32. The predicted molar refractivity (Wildman–Crippen MR) is 88.0 cm³/mol. The zero-order valence-corrected chi connectivity index (χ0v) is 13.1. The molecule has 0 spiro atoms. The molecule has 6 heteroatoms. The summed E-state index contributed by atoms with van der Waals surface area (Å²) in [6, 6.07) is 10.9. The van der Waals surface area contributed by atoms with Crippen LogP contribution in [-0.2, 0) is 6.54 Å². The lowest BCUT2D eigenvalue weighted by Gasteiger charge is -2.05. The summed E-state index contributed by atoms with van der Waals surface area (Å²) < 4.78 is 0. The van der Waals surface area contributed by atoms with Crippen molar-refractivity contribution in [2.75, 3.05) is 0 Å². The van der Waals surface area contributed by atoms with E-state index in [-0.39, 0.29) is 5.91 Å². The summed E-state index contributed by atoms with van der Waals surface area (Å²) in [5.41, 5.74) is 1.80. The Hall–Kier alpha value is -2.24. The molecule has 0 radical (unpaired) electrons.